The fraction of sp³-hybridized carbons (Fsp3) is 0. The summed E-state index contributed by atoms with van der Waals surface area (Å²) in [5, 5.41) is 3.01. The molecule has 3 nitrogen and oxygen atoms in total. The third kappa shape index (κ3) is 6.34. The predicted molar refractivity (Wildman–Crippen MR) is 191 cm³/mol. The predicted octanol–water partition coefficient (Wildman–Crippen LogP) is 11.3. The van der Waals surface area contributed by atoms with E-state index in [0.29, 0.717) is 0 Å². The van der Waals surface area contributed by atoms with Crippen molar-refractivity contribution in [3.8, 4) is 42.8 Å². The van der Waals surface area contributed by atoms with Gasteiger partial charge in [-0.25, -0.2) is 5.56 Å². The van der Waals surface area contributed by atoms with Crippen LogP contribution in [-0.4, -0.2) is 15.0 Å². The topological polar surface area (TPSA) is 38.7 Å². The van der Waals surface area contributed by atoms with Crippen LogP contribution in [0.2, 0.25) is 0 Å². The van der Waals surface area contributed by atoms with Crippen LogP contribution in [0.25, 0.3) is 73.5 Å². The number of thiazole rings is 3. The van der Waals surface area contributed by atoms with Gasteiger partial charge >= 0.3 is 20.1 Å². The zero-order valence-corrected chi connectivity index (χ0v) is 28.9. The van der Waals surface area contributed by atoms with Crippen LogP contribution in [0.1, 0.15) is 0 Å². The first kappa shape index (κ1) is 30.3. The number of nitrogens with zero attached hydrogens (tertiary/aromatic N) is 3. The van der Waals surface area contributed by atoms with Crippen molar-refractivity contribution in [1.82, 2.24) is 15.0 Å². The molecule has 0 radical (unpaired) electrons. The van der Waals surface area contributed by atoms with Gasteiger partial charge in [-0.15, -0.1) is 42.5 Å². The van der Waals surface area contributed by atoms with Gasteiger partial charge in [0.25, 0.3) is 0 Å². The van der Waals surface area contributed by atoms with Crippen LogP contribution < -0.4 is 0 Å². The van der Waals surface area contributed by atoms with Crippen LogP contribution in [0, 0.1) is 18.2 Å². The van der Waals surface area contributed by atoms with E-state index in [4.69, 9.17) is 15.0 Å². The van der Waals surface area contributed by atoms with E-state index >= 15 is 0 Å². The largest absolute Gasteiger partial charge is 3.00 e. The number of rotatable bonds is 4. The van der Waals surface area contributed by atoms with E-state index < -0.39 is 0 Å². The summed E-state index contributed by atoms with van der Waals surface area (Å²) < 4.78 is 3.61. The minimum atomic E-state index is 0. The van der Waals surface area contributed by atoms with Crippen molar-refractivity contribution in [1.29, 1.82) is 0 Å². The molecule has 0 saturated carbocycles. The van der Waals surface area contributed by atoms with Crippen molar-refractivity contribution < 1.29 is 20.1 Å². The molecule has 6 aromatic carbocycles. The number of para-hydroxylation sites is 3. The molecular formula is C39H22IrN3S3. The molecule has 0 aliphatic carbocycles. The molecule has 7 heteroatoms. The molecule has 3 aromatic heterocycles. The summed E-state index contributed by atoms with van der Waals surface area (Å²) >= 11 is 5.10. The van der Waals surface area contributed by atoms with Gasteiger partial charge in [0.2, 0.25) is 0 Å². The molecule has 9 rings (SSSR count). The maximum Gasteiger partial charge on any atom is 3.00 e. The van der Waals surface area contributed by atoms with E-state index in [0.717, 1.165) is 59.4 Å². The van der Waals surface area contributed by atoms with Gasteiger partial charge in [-0.05, 0) is 36.4 Å². The number of hydrogen-bond acceptors (Lipinski definition) is 6. The van der Waals surface area contributed by atoms with Gasteiger partial charge in [-0.3, -0.25) is 15.0 Å². The van der Waals surface area contributed by atoms with Crippen molar-refractivity contribution in [2.75, 3.05) is 0 Å². The summed E-state index contributed by atoms with van der Waals surface area (Å²) in [5.41, 5.74) is 8.30. The summed E-state index contributed by atoms with van der Waals surface area (Å²) in [6, 6.07) is 55.2. The minimum Gasteiger partial charge on any atom is -0.275 e. The standard InChI is InChI=1S/C20H11N2S2.C19H11NS.Ir/c1-3-10-17-15(8-1)21-19(23-17)13-6-5-7-14(12-13)20-22-16-9-2-4-11-18(16)24-20;1-2-7-14(8-3-1)15-9-6-10-16(13-15)19-20-17-11-4-5-12-18(17)21-19;/h1-11H;1-7,9-12H;/q-1;-2;+3. The molecule has 3 heterocycles. The van der Waals surface area contributed by atoms with Crippen molar-refractivity contribution in [2.24, 2.45) is 0 Å². The SMILES string of the molecule is [Ir+3].[c-]1c(-c2nc3ccccc3s2)cccc1-c1nc2ccccc2s1.[c-]1ccccc1-c1[c-]c(-c2nc3ccccc3s2)ccc1. The van der Waals surface area contributed by atoms with Gasteiger partial charge in [-0.2, -0.15) is 76.0 Å². The Morgan fingerprint density at radius 1 is 0.370 bits per heavy atom. The number of hydrogen-bond donors (Lipinski definition) is 0. The molecule has 46 heavy (non-hydrogen) atoms. The maximum atomic E-state index is 4.73. The average molecular weight is 821 g/mol. The van der Waals surface area contributed by atoms with E-state index in [2.05, 4.69) is 66.7 Å². The van der Waals surface area contributed by atoms with Crippen molar-refractivity contribution in [3.63, 3.8) is 0 Å². The fourth-order valence-corrected chi connectivity index (χ4v) is 7.83. The molecule has 9 aromatic rings. The Bertz CT molecular complexity index is 2220. The minimum absolute atomic E-state index is 0. The second-order valence-electron chi connectivity index (χ2n) is 10.2. The quantitative estimate of drug-likeness (QED) is 0.166. The van der Waals surface area contributed by atoms with E-state index in [-0.39, 0.29) is 20.1 Å². The number of fused-ring (bicyclic) bond motifs is 3. The summed E-state index contributed by atoms with van der Waals surface area (Å²) in [6.45, 7) is 0. The van der Waals surface area contributed by atoms with E-state index in [9.17, 15) is 0 Å². The van der Waals surface area contributed by atoms with Gasteiger partial charge in [-0.1, -0.05) is 53.1 Å². The van der Waals surface area contributed by atoms with Crippen LogP contribution in [0.15, 0.2) is 133 Å². The molecule has 0 aliphatic rings. The maximum absolute atomic E-state index is 4.73. The monoisotopic (exact) mass is 821 g/mol. The smallest absolute Gasteiger partial charge is 0.275 e. The summed E-state index contributed by atoms with van der Waals surface area (Å²) in [4.78, 5) is 14.2. The number of benzene rings is 6. The third-order valence-corrected chi connectivity index (χ3v) is 10.4. The van der Waals surface area contributed by atoms with Gasteiger partial charge in [0.15, 0.2) is 0 Å². The van der Waals surface area contributed by atoms with E-state index in [1.807, 2.05) is 84.9 Å². The molecule has 0 fully saturated rings. The summed E-state index contributed by atoms with van der Waals surface area (Å²) in [5.74, 6) is 0. The first-order valence-corrected chi connectivity index (χ1v) is 16.8. The van der Waals surface area contributed by atoms with Gasteiger partial charge < -0.3 is 0 Å². The van der Waals surface area contributed by atoms with E-state index in [1.165, 1.54) is 14.1 Å². The first-order chi connectivity index (χ1) is 22.3. The second kappa shape index (κ2) is 13.6. The zero-order valence-electron chi connectivity index (χ0n) is 24.1. The normalized spacial score (nSPS) is 10.9. The van der Waals surface area contributed by atoms with E-state index in [1.54, 1.807) is 34.0 Å². The third-order valence-electron chi connectivity index (χ3n) is 7.16. The Labute approximate surface area is 292 Å². The number of aromatic nitrogens is 3. The van der Waals surface area contributed by atoms with Crippen LogP contribution in [0.4, 0.5) is 0 Å². The van der Waals surface area contributed by atoms with Gasteiger partial charge in [0, 0.05) is 14.1 Å². The Balaban J connectivity index is 0.000000145. The molecule has 220 valence electrons. The van der Waals surface area contributed by atoms with Crippen LogP contribution in [0.3, 0.4) is 0 Å². The Morgan fingerprint density at radius 2 is 0.739 bits per heavy atom. The molecule has 0 N–H and O–H groups in total. The Morgan fingerprint density at radius 3 is 1.15 bits per heavy atom. The van der Waals surface area contributed by atoms with Crippen LogP contribution in [-0.2, 0) is 20.1 Å². The van der Waals surface area contributed by atoms with Crippen molar-refractivity contribution >= 4 is 64.7 Å². The molecule has 0 unspecified atom stereocenters. The van der Waals surface area contributed by atoms with Gasteiger partial charge in [0.1, 0.15) is 0 Å². The second-order valence-corrected chi connectivity index (χ2v) is 13.3. The zero-order chi connectivity index (χ0) is 30.0. The molecule has 0 bridgehead atoms. The average Bonchev–Trinajstić information content (AvgIpc) is 3.86. The van der Waals surface area contributed by atoms with Crippen molar-refractivity contribution in [2.45, 2.75) is 0 Å². The Kier molecular flexibility index (Phi) is 8.93. The molecule has 0 spiro atoms. The fourth-order valence-electron chi connectivity index (χ4n) is 4.99. The van der Waals surface area contributed by atoms with Gasteiger partial charge in [0.05, 0.1) is 31.6 Å². The molecule has 0 amide bonds. The molecule has 0 aliphatic heterocycles. The molecular weight excluding hydrogens is 799 g/mol. The van der Waals surface area contributed by atoms with Crippen LogP contribution >= 0.6 is 34.0 Å². The summed E-state index contributed by atoms with van der Waals surface area (Å²) in [7, 11) is 0. The first-order valence-electron chi connectivity index (χ1n) is 14.4. The van der Waals surface area contributed by atoms with Crippen LogP contribution in [0.5, 0.6) is 0 Å². The molecule has 0 atom stereocenters. The molecule has 0 saturated heterocycles. The van der Waals surface area contributed by atoms with Crippen molar-refractivity contribution in [3.05, 3.63) is 152 Å². The summed E-state index contributed by atoms with van der Waals surface area (Å²) in [6.07, 6.45) is 0. The Hall–Kier alpha value is -4.36.